The van der Waals surface area contributed by atoms with E-state index in [0.29, 0.717) is 11.5 Å². The summed E-state index contributed by atoms with van der Waals surface area (Å²) in [6.07, 6.45) is 3.19. The highest BCUT2D eigenvalue weighted by atomic mass is 16.5. The van der Waals surface area contributed by atoms with Gasteiger partial charge < -0.3 is 14.9 Å². The van der Waals surface area contributed by atoms with Crippen LogP contribution in [0.2, 0.25) is 0 Å². The summed E-state index contributed by atoms with van der Waals surface area (Å²) in [6, 6.07) is 3.96. The molecule has 0 unspecified atom stereocenters. The summed E-state index contributed by atoms with van der Waals surface area (Å²) in [6.45, 7) is 4.10. The molecule has 0 radical (unpaired) electrons. The predicted octanol–water partition coefficient (Wildman–Crippen LogP) is 2.34. The Balaban J connectivity index is 2.24. The van der Waals surface area contributed by atoms with Gasteiger partial charge in [0.2, 0.25) is 11.8 Å². The fourth-order valence-electron chi connectivity index (χ4n) is 2.48. The number of furan rings is 1. The van der Waals surface area contributed by atoms with E-state index in [1.165, 1.54) is 0 Å². The molecule has 0 aliphatic carbocycles. The van der Waals surface area contributed by atoms with Crippen molar-refractivity contribution in [3.8, 4) is 11.9 Å². The molecule has 0 amide bonds. The van der Waals surface area contributed by atoms with Gasteiger partial charge in [-0.3, -0.25) is 5.10 Å². The highest BCUT2D eigenvalue weighted by Gasteiger charge is 2.36. The van der Waals surface area contributed by atoms with Gasteiger partial charge in [-0.25, -0.2) is 0 Å². The Kier molecular flexibility index (Phi) is 2.75. The summed E-state index contributed by atoms with van der Waals surface area (Å²) < 4.78 is 10.6. The molecular weight excluding hydrogens is 256 g/mol. The number of ether oxygens (including phenoxy) is 1. The van der Waals surface area contributed by atoms with Crippen molar-refractivity contribution in [3.05, 3.63) is 46.9 Å². The van der Waals surface area contributed by atoms with Crippen LogP contribution in [0.1, 0.15) is 42.5 Å². The van der Waals surface area contributed by atoms with Gasteiger partial charge in [0.1, 0.15) is 11.6 Å². The van der Waals surface area contributed by atoms with Crippen LogP contribution in [0.5, 0.6) is 5.88 Å². The molecule has 2 aromatic rings. The van der Waals surface area contributed by atoms with Gasteiger partial charge in [0, 0.05) is 11.3 Å². The molecule has 0 fully saturated rings. The normalized spacial score (nSPS) is 17.8. The number of hydrogen-bond donors (Lipinski definition) is 2. The molecule has 20 heavy (non-hydrogen) atoms. The number of rotatable bonds is 2. The summed E-state index contributed by atoms with van der Waals surface area (Å²) >= 11 is 0. The maximum atomic E-state index is 9.39. The van der Waals surface area contributed by atoms with E-state index in [4.69, 9.17) is 14.9 Å². The highest BCUT2D eigenvalue weighted by molar-refractivity contribution is 5.55. The fraction of sp³-hybridized carbons (Fsp3) is 0.286. The third kappa shape index (κ3) is 1.67. The second-order valence-corrected chi connectivity index (χ2v) is 4.99. The topological polar surface area (TPSA) is 101 Å². The highest BCUT2D eigenvalue weighted by Crippen LogP contribution is 2.44. The number of nitrogens with zero attached hydrogens (tertiary/aromatic N) is 2. The first-order valence-electron chi connectivity index (χ1n) is 6.31. The van der Waals surface area contributed by atoms with Crippen LogP contribution in [0.3, 0.4) is 0 Å². The Morgan fingerprint density at radius 2 is 2.30 bits per heavy atom. The Morgan fingerprint density at radius 3 is 2.90 bits per heavy atom. The average molecular weight is 270 g/mol. The lowest BCUT2D eigenvalue weighted by Gasteiger charge is -2.23. The molecule has 6 nitrogen and oxygen atoms in total. The van der Waals surface area contributed by atoms with E-state index in [0.717, 1.165) is 16.8 Å². The van der Waals surface area contributed by atoms with Gasteiger partial charge in [0.05, 0.1) is 24.0 Å². The monoisotopic (exact) mass is 270 g/mol. The molecule has 102 valence electrons. The molecule has 0 saturated carbocycles. The first-order chi connectivity index (χ1) is 9.63. The van der Waals surface area contributed by atoms with Crippen LogP contribution in [-0.4, -0.2) is 10.2 Å². The van der Waals surface area contributed by atoms with Crippen LogP contribution in [0.15, 0.2) is 34.5 Å². The lowest BCUT2D eigenvalue weighted by atomic mass is 9.83. The minimum absolute atomic E-state index is 0.0907. The zero-order valence-corrected chi connectivity index (χ0v) is 11.2. The van der Waals surface area contributed by atoms with Crippen molar-refractivity contribution in [3.63, 3.8) is 0 Å². The summed E-state index contributed by atoms with van der Waals surface area (Å²) in [5, 5.41) is 16.5. The maximum absolute atomic E-state index is 9.39. The first kappa shape index (κ1) is 12.4. The summed E-state index contributed by atoms with van der Waals surface area (Å²) in [4.78, 5) is 0. The molecule has 0 bridgehead atoms. The quantitative estimate of drug-likeness (QED) is 0.872. The van der Waals surface area contributed by atoms with Crippen molar-refractivity contribution in [1.82, 2.24) is 10.2 Å². The van der Waals surface area contributed by atoms with Gasteiger partial charge in [0.15, 0.2) is 0 Å². The van der Waals surface area contributed by atoms with Gasteiger partial charge in [-0.15, -0.1) is 5.10 Å². The van der Waals surface area contributed by atoms with Crippen molar-refractivity contribution >= 4 is 0 Å². The molecule has 3 N–H and O–H groups in total. The van der Waals surface area contributed by atoms with E-state index in [-0.39, 0.29) is 17.7 Å². The van der Waals surface area contributed by atoms with E-state index in [1.54, 1.807) is 12.5 Å². The average Bonchev–Trinajstić information content (AvgIpc) is 3.05. The molecule has 1 aliphatic rings. The summed E-state index contributed by atoms with van der Waals surface area (Å²) in [5.41, 5.74) is 8.86. The minimum atomic E-state index is -0.307. The molecule has 2 aromatic heterocycles. The van der Waals surface area contributed by atoms with Crippen molar-refractivity contribution in [2.24, 2.45) is 5.73 Å². The molecule has 1 aliphatic heterocycles. The molecule has 3 rings (SSSR count). The largest absolute Gasteiger partial charge is 0.472 e. The second-order valence-electron chi connectivity index (χ2n) is 4.99. The zero-order valence-electron chi connectivity index (χ0n) is 11.2. The molecular formula is C14H14N4O2. The standard InChI is InChI=1S/C14H14N4O2/c1-7(2)12-11-10(8-3-4-19-6-8)9(5-15)13(16)20-14(11)18-17-12/h3-4,6-7,10H,16H2,1-2H3,(H,17,18)/t10-/m0/s1. The lowest BCUT2D eigenvalue weighted by molar-refractivity contribution is 0.378. The Bertz CT molecular complexity index is 704. The number of nitrogens with two attached hydrogens (primary N) is 1. The zero-order chi connectivity index (χ0) is 14.3. The van der Waals surface area contributed by atoms with Gasteiger partial charge in [-0.1, -0.05) is 13.8 Å². The Morgan fingerprint density at radius 1 is 1.50 bits per heavy atom. The number of allylic oxidation sites excluding steroid dienone is 1. The van der Waals surface area contributed by atoms with E-state index in [1.807, 2.05) is 19.9 Å². The Hall–Kier alpha value is -2.68. The van der Waals surface area contributed by atoms with Crippen LogP contribution in [-0.2, 0) is 0 Å². The first-order valence-corrected chi connectivity index (χ1v) is 6.31. The van der Waals surface area contributed by atoms with Crippen LogP contribution < -0.4 is 10.5 Å². The van der Waals surface area contributed by atoms with E-state index < -0.39 is 0 Å². The van der Waals surface area contributed by atoms with Gasteiger partial charge in [-0.2, -0.15) is 5.26 Å². The van der Waals surface area contributed by atoms with E-state index >= 15 is 0 Å². The molecule has 0 saturated heterocycles. The SMILES string of the molecule is CC(C)c1[nH]nc2c1[C@@H](c1ccoc1)C(C#N)=C(N)O2. The van der Waals surface area contributed by atoms with E-state index in [9.17, 15) is 5.26 Å². The van der Waals surface area contributed by atoms with Crippen molar-refractivity contribution < 1.29 is 9.15 Å². The molecule has 3 heterocycles. The van der Waals surface area contributed by atoms with Gasteiger partial charge in [-0.05, 0) is 12.0 Å². The third-order valence-electron chi connectivity index (χ3n) is 3.42. The predicted molar refractivity (Wildman–Crippen MR) is 70.7 cm³/mol. The van der Waals surface area contributed by atoms with Crippen LogP contribution in [0, 0.1) is 11.3 Å². The van der Waals surface area contributed by atoms with E-state index in [2.05, 4.69) is 16.3 Å². The van der Waals surface area contributed by atoms with Gasteiger partial charge in [0.25, 0.3) is 0 Å². The smallest absolute Gasteiger partial charge is 0.244 e. The van der Waals surface area contributed by atoms with Crippen LogP contribution in [0.25, 0.3) is 0 Å². The number of hydrogen-bond acceptors (Lipinski definition) is 5. The van der Waals surface area contributed by atoms with Crippen LogP contribution >= 0.6 is 0 Å². The molecule has 0 spiro atoms. The number of nitrogens with one attached hydrogen (secondary N) is 1. The summed E-state index contributed by atoms with van der Waals surface area (Å²) in [5.74, 6) is 0.437. The number of fused-ring (bicyclic) bond motifs is 1. The lowest BCUT2D eigenvalue weighted by Crippen LogP contribution is -2.21. The fourth-order valence-corrected chi connectivity index (χ4v) is 2.48. The maximum Gasteiger partial charge on any atom is 0.244 e. The molecule has 6 heteroatoms. The minimum Gasteiger partial charge on any atom is -0.472 e. The van der Waals surface area contributed by atoms with Crippen LogP contribution in [0.4, 0.5) is 0 Å². The molecule has 1 atom stereocenters. The van der Waals surface area contributed by atoms with Crippen molar-refractivity contribution in [2.75, 3.05) is 0 Å². The van der Waals surface area contributed by atoms with Crippen molar-refractivity contribution in [1.29, 1.82) is 5.26 Å². The second kappa shape index (κ2) is 4.46. The third-order valence-corrected chi connectivity index (χ3v) is 3.42. The van der Waals surface area contributed by atoms with Crippen molar-refractivity contribution in [2.45, 2.75) is 25.7 Å². The number of aromatic nitrogens is 2. The number of H-pyrrole nitrogens is 1. The van der Waals surface area contributed by atoms with Gasteiger partial charge >= 0.3 is 0 Å². The Labute approximate surface area is 115 Å². The molecule has 0 aromatic carbocycles. The number of nitriles is 1. The summed E-state index contributed by atoms with van der Waals surface area (Å²) in [7, 11) is 0. The number of aromatic amines is 1.